The monoisotopic (exact) mass is 276 g/mol. The topological polar surface area (TPSA) is 49.9 Å². The van der Waals surface area contributed by atoms with E-state index in [1.165, 1.54) is 0 Å². The molecule has 0 saturated carbocycles. The van der Waals surface area contributed by atoms with E-state index in [2.05, 4.69) is 0 Å². The molecule has 0 aromatic carbocycles. The van der Waals surface area contributed by atoms with Crippen molar-refractivity contribution in [1.82, 2.24) is 9.80 Å². The lowest BCUT2D eigenvalue weighted by Crippen LogP contribution is -2.42. The van der Waals surface area contributed by atoms with Gasteiger partial charge in [-0.05, 0) is 27.2 Å². The molecule has 104 valence electrons. The van der Waals surface area contributed by atoms with Gasteiger partial charge in [0.25, 0.3) is 0 Å². The molecule has 1 rings (SSSR count). The van der Waals surface area contributed by atoms with E-state index < -0.39 is 5.60 Å². The number of rotatable bonds is 2. The summed E-state index contributed by atoms with van der Waals surface area (Å²) in [5.41, 5.74) is -0.504. The number of halogens is 1. The molecule has 1 saturated heterocycles. The lowest BCUT2D eigenvalue weighted by molar-refractivity contribution is -0.127. The number of alkyl halides is 1. The fourth-order valence-corrected chi connectivity index (χ4v) is 2.02. The molecule has 1 aliphatic heterocycles. The number of ether oxygens (including phenoxy) is 1. The SMILES string of the molecule is CN(C(=O)OC(C)(C)C)[C@H]1CCN(C(=O)CCl)C1. The molecule has 0 unspecified atom stereocenters. The average molecular weight is 277 g/mol. The fraction of sp³-hybridized carbons (Fsp3) is 0.833. The minimum atomic E-state index is -0.504. The third-order valence-electron chi connectivity index (χ3n) is 2.86. The van der Waals surface area contributed by atoms with Crippen LogP contribution < -0.4 is 0 Å². The Morgan fingerprint density at radius 1 is 1.44 bits per heavy atom. The van der Waals surface area contributed by atoms with Gasteiger partial charge in [0.15, 0.2) is 0 Å². The Balaban J connectivity index is 2.52. The van der Waals surface area contributed by atoms with Crippen LogP contribution in [0.4, 0.5) is 4.79 Å². The molecule has 0 aromatic rings. The van der Waals surface area contributed by atoms with Crippen LogP contribution in [0.5, 0.6) is 0 Å². The Morgan fingerprint density at radius 2 is 2.06 bits per heavy atom. The highest BCUT2D eigenvalue weighted by Crippen LogP contribution is 2.17. The zero-order valence-electron chi connectivity index (χ0n) is 11.4. The van der Waals surface area contributed by atoms with Gasteiger partial charge in [-0.2, -0.15) is 0 Å². The van der Waals surface area contributed by atoms with Gasteiger partial charge in [-0.15, -0.1) is 11.6 Å². The first-order valence-corrected chi connectivity index (χ1v) is 6.57. The summed E-state index contributed by atoms with van der Waals surface area (Å²) >= 11 is 5.51. The van der Waals surface area contributed by atoms with Crippen LogP contribution in [0, 0.1) is 0 Å². The van der Waals surface area contributed by atoms with E-state index in [1.54, 1.807) is 16.8 Å². The highest BCUT2D eigenvalue weighted by molar-refractivity contribution is 6.27. The van der Waals surface area contributed by atoms with Gasteiger partial charge < -0.3 is 14.5 Å². The molecule has 0 N–H and O–H groups in total. The molecular formula is C12H21ClN2O3. The molecule has 2 amide bonds. The van der Waals surface area contributed by atoms with Crippen molar-refractivity contribution in [2.24, 2.45) is 0 Å². The first-order valence-electron chi connectivity index (χ1n) is 6.04. The van der Waals surface area contributed by atoms with E-state index in [-0.39, 0.29) is 23.9 Å². The van der Waals surface area contributed by atoms with Crippen molar-refractivity contribution in [2.45, 2.75) is 38.8 Å². The molecule has 0 spiro atoms. The van der Waals surface area contributed by atoms with Crippen LogP contribution in [0.25, 0.3) is 0 Å². The summed E-state index contributed by atoms with van der Waals surface area (Å²) in [5, 5.41) is 0. The highest BCUT2D eigenvalue weighted by atomic mass is 35.5. The van der Waals surface area contributed by atoms with E-state index in [4.69, 9.17) is 16.3 Å². The Bertz CT molecular complexity index is 328. The van der Waals surface area contributed by atoms with Crippen LogP contribution in [0.1, 0.15) is 27.2 Å². The Kier molecular flexibility index (Phi) is 4.85. The van der Waals surface area contributed by atoms with Crippen molar-refractivity contribution < 1.29 is 14.3 Å². The summed E-state index contributed by atoms with van der Waals surface area (Å²) in [6.45, 7) is 6.66. The van der Waals surface area contributed by atoms with E-state index in [0.717, 1.165) is 6.42 Å². The number of amides is 2. The quantitative estimate of drug-likeness (QED) is 0.721. The summed E-state index contributed by atoms with van der Waals surface area (Å²) in [6.07, 6.45) is 0.408. The van der Waals surface area contributed by atoms with Crippen LogP contribution in [0.15, 0.2) is 0 Å². The molecule has 1 aliphatic rings. The summed E-state index contributed by atoms with van der Waals surface area (Å²) in [7, 11) is 1.70. The van der Waals surface area contributed by atoms with Crippen LogP contribution in [-0.4, -0.2) is 59.5 Å². The van der Waals surface area contributed by atoms with Crippen LogP contribution in [-0.2, 0) is 9.53 Å². The van der Waals surface area contributed by atoms with E-state index in [1.807, 2.05) is 20.8 Å². The second-order valence-corrected chi connectivity index (χ2v) is 5.77. The molecule has 0 aliphatic carbocycles. The number of likely N-dealkylation sites (N-methyl/N-ethyl adjacent to an activating group) is 1. The first-order chi connectivity index (χ1) is 8.24. The van der Waals surface area contributed by atoms with Gasteiger partial charge in [-0.1, -0.05) is 0 Å². The van der Waals surface area contributed by atoms with Gasteiger partial charge in [-0.25, -0.2) is 4.79 Å². The minimum absolute atomic E-state index is 0.00650. The zero-order valence-corrected chi connectivity index (χ0v) is 12.2. The highest BCUT2D eigenvalue weighted by Gasteiger charge is 2.32. The Hall–Kier alpha value is -0.970. The van der Waals surface area contributed by atoms with Crippen LogP contribution >= 0.6 is 11.6 Å². The van der Waals surface area contributed by atoms with Gasteiger partial charge in [0.05, 0.1) is 6.04 Å². The summed E-state index contributed by atoms with van der Waals surface area (Å²) < 4.78 is 5.29. The Morgan fingerprint density at radius 3 is 2.56 bits per heavy atom. The lowest BCUT2D eigenvalue weighted by Gasteiger charge is -2.28. The maximum atomic E-state index is 11.9. The van der Waals surface area contributed by atoms with Gasteiger partial charge in [0, 0.05) is 20.1 Å². The van der Waals surface area contributed by atoms with Crippen molar-refractivity contribution in [2.75, 3.05) is 26.0 Å². The second kappa shape index (κ2) is 5.78. The smallest absolute Gasteiger partial charge is 0.410 e. The standard InChI is InChI=1S/C12H21ClN2O3/c1-12(2,3)18-11(17)14(4)9-5-6-15(8-9)10(16)7-13/h9H,5-8H2,1-4H3/t9-/m0/s1. The summed E-state index contributed by atoms with van der Waals surface area (Å²) in [6, 6.07) is 0.00650. The van der Waals surface area contributed by atoms with E-state index in [9.17, 15) is 9.59 Å². The molecule has 0 bridgehead atoms. The normalized spacial score (nSPS) is 19.8. The number of likely N-dealkylation sites (tertiary alicyclic amines) is 1. The van der Waals surface area contributed by atoms with Crippen molar-refractivity contribution in [3.8, 4) is 0 Å². The van der Waals surface area contributed by atoms with E-state index >= 15 is 0 Å². The second-order valence-electron chi connectivity index (χ2n) is 5.51. The predicted octanol–water partition coefficient (Wildman–Crippen LogP) is 1.69. The molecule has 5 nitrogen and oxygen atoms in total. The van der Waals surface area contributed by atoms with Gasteiger partial charge >= 0.3 is 6.09 Å². The maximum absolute atomic E-state index is 11.9. The Labute approximate surface area is 113 Å². The largest absolute Gasteiger partial charge is 0.444 e. The molecular weight excluding hydrogens is 256 g/mol. The number of carbonyl (C=O) groups is 2. The number of nitrogens with zero attached hydrogens (tertiary/aromatic N) is 2. The number of hydrogen-bond donors (Lipinski definition) is 0. The zero-order chi connectivity index (χ0) is 13.9. The number of carbonyl (C=O) groups excluding carboxylic acids is 2. The lowest BCUT2D eigenvalue weighted by atomic mass is 10.2. The van der Waals surface area contributed by atoms with Crippen molar-refractivity contribution in [3.05, 3.63) is 0 Å². The summed E-state index contributed by atoms with van der Waals surface area (Å²) in [5.74, 6) is -0.0974. The van der Waals surface area contributed by atoms with E-state index in [0.29, 0.717) is 13.1 Å². The maximum Gasteiger partial charge on any atom is 0.410 e. The van der Waals surface area contributed by atoms with Gasteiger partial charge in [0.1, 0.15) is 11.5 Å². The fourth-order valence-electron chi connectivity index (χ4n) is 1.85. The van der Waals surface area contributed by atoms with Crippen LogP contribution in [0.2, 0.25) is 0 Å². The van der Waals surface area contributed by atoms with Gasteiger partial charge in [0.2, 0.25) is 5.91 Å². The minimum Gasteiger partial charge on any atom is -0.444 e. The molecule has 1 fully saturated rings. The molecule has 6 heteroatoms. The van der Waals surface area contributed by atoms with Crippen molar-refractivity contribution in [3.63, 3.8) is 0 Å². The molecule has 18 heavy (non-hydrogen) atoms. The summed E-state index contributed by atoms with van der Waals surface area (Å²) in [4.78, 5) is 26.5. The molecule has 0 radical (unpaired) electrons. The third kappa shape index (κ3) is 4.05. The first kappa shape index (κ1) is 15.1. The van der Waals surface area contributed by atoms with Gasteiger partial charge in [-0.3, -0.25) is 4.79 Å². The average Bonchev–Trinajstić information content (AvgIpc) is 2.73. The van der Waals surface area contributed by atoms with Crippen molar-refractivity contribution >= 4 is 23.6 Å². The third-order valence-corrected chi connectivity index (χ3v) is 3.09. The molecule has 0 aromatic heterocycles. The van der Waals surface area contributed by atoms with Crippen LogP contribution in [0.3, 0.4) is 0 Å². The molecule has 1 heterocycles. The molecule has 1 atom stereocenters. The predicted molar refractivity (Wildman–Crippen MR) is 69.7 cm³/mol. The number of hydrogen-bond acceptors (Lipinski definition) is 3. The van der Waals surface area contributed by atoms with Crippen molar-refractivity contribution in [1.29, 1.82) is 0 Å².